The maximum Gasteiger partial charge on any atom is 0.339 e. The van der Waals surface area contributed by atoms with E-state index < -0.39 is 16.3 Å². The van der Waals surface area contributed by atoms with Crippen molar-refractivity contribution in [1.29, 1.82) is 0 Å². The number of rotatable bonds is 7. The van der Waals surface area contributed by atoms with Crippen LogP contribution in [0.15, 0.2) is 18.2 Å². The number of hydrogen-bond acceptors (Lipinski definition) is 5. The quantitative estimate of drug-likeness (QED) is 0.257. The van der Waals surface area contributed by atoms with Crippen LogP contribution >= 0.6 is 38.5 Å². The first-order chi connectivity index (χ1) is 10.4. The molecule has 22 heavy (non-hydrogen) atoms. The van der Waals surface area contributed by atoms with Crippen LogP contribution in [-0.4, -0.2) is 31.8 Å². The molecule has 0 aliphatic carbocycles. The fourth-order valence-electron chi connectivity index (χ4n) is 1.76. The summed E-state index contributed by atoms with van der Waals surface area (Å²) in [6.07, 6.45) is 0. The molecular weight excluding hydrogens is 467 g/mol. The van der Waals surface area contributed by atoms with Gasteiger partial charge in [-0.1, -0.05) is 22.0 Å². The molecule has 0 aromatic heterocycles. The summed E-state index contributed by atoms with van der Waals surface area (Å²) in [6.45, 7) is 6.02. The smallest absolute Gasteiger partial charge is 0.339 e. The fourth-order valence-corrected chi connectivity index (χ4v) is 2.73. The van der Waals surface area contributed by atoms with E-state index in [-0.39, 0.29) is 13.2 Å². The first-order valence-electron chi connectivity index (χ1n) is 6.87. The van der Waals surface area contributed by atoms with Crippen molar-refractivity contribution in [3.8, 4) is 5.75 Å². The average molecular weight is 485 g/mol. The molecule has 0 saturated carbocycles. The van der Waals surface area contributed by atoms with E-state index in [1.807, 2.05) is 6.92 Å². The summed E-state index contributed by atoms with van der Waals surface area (Å²) < 4.78 is 14.8. The van der Waals surface area contributed by atoms with Gasteiger partial charge in [-0.3, -0.25) is 0 Å². The Morgan fingerprint density at radius 3 is 2.09 bits per heavy atom. The molecule has 0 N–H and O–H groups in total. The van der Waals surface area contributed by atoms with Crippen molar-refractivity contribution < 1.29 is 23.8 Å². The van der Waals surface area contributed by atoms with Crippen LogP contribution in [0.3, 0.4) is 0 Å². The maximum atomic E-state index is 12.3. The minimum atomic E-state index is -1.70. The lowest BCUT2D eigenvalue weighted by atomic mass is 9.98. The molecule has 0 bridgehead atoms. The average Bonchev–Trinajstić information content (AvgIpc) is 2.49. The summed E-state index contributed by atoms with van der Waals surface area (Å²) in [5, 5.41) is 0. The highest BCUT2D eigenvalue weighted by molar-refractivity contribution is 14.1. The van der Waals surface area contributed by atoms with Gasteiger partial charge >= 0.3 is 11.9 Å². The first-order valence-corrected chi connectivity index (χ1v) is 8.75. The number of benzene rings is 1. The molecule has 0 heterocycles. The number of hydrogen-bond donors (Lipinski definition) is 0. The highest BCUT2D eigenvalue weighted by atomic mass is 127. The largest absolute Gasteiger partial charge is 0.493 e. The zero-order valence-corrected chi connectivity index (χ0v) is 16.4. The van der Waals surface area contributed by atoms with Gasteiger partial charge in [0.1, 0.15) is 5.75 Å². The highest BCUT2D eigenvalue weighted by Gasteiger charge is 2.48. The van der Waals surface area contributed by atoms with Crippen molar-refractivity contribution in [1.82, 2.24) is 0 Å². The number of alkyl halides is 1. The van der Waals surface area contributed by atoms with E-state index in [2.05, 4.69) is 38.5 Å². The van der Waals surface area contributed by atoms with Gasteiger partial charge in [-0.25, -0.2) is 9.59 Å². The van der Waals surface area contributed by atoms with Gasteiger partial charge in [-0.2, -0.15) is 0 Å². The number of esters is 2. The molecule has 0 radical (unpaired) electrons. The van der Waals surface area contributed by atoms with Crippen LogP contribution < -0.4 is 4.74 Å². The van der Waals surface area contributed by atoms with Crippen LogP contribution in [0, 0.1) is 3.57 Å². The summed E-state index contributed by atoms with van der Waals surface area (Å²) in [5.41, 5.74) is 0.410. The lowest BCUT2D eigenvalue weighted by molar-refractivity contribution is -0.158. The van der Waals surface area contributed by atoms with E-state index in [1.165, 1.54) is 0 Å². The second-order valence-electron chi connectivity index (χ2n) is 4.18. The van der Waals surface area contributed by atoms with E-state index in [1.54, 1.807) is 32.0 Å². The Balaban J connectivity index is 3.35. The Morgan fingerprint density at radius 2 is 1.64 bits per heavy atom. The fraction of sp³-hybridized carbons (Fsp3) is 0.467. The molecule has 5 nitrogen and oxygen atoms in total. The van der Waals surface area contributed by atoms with E-state index >= 15 is 0 Å². The van der Waals surface area contributed by atoms with Gasteiger partial charge in [0, 0.05) is 0 Å². The predicted octanol–water partition coefficient (Wildman–Crippen LogP) is 3.41. The number of carbonyl (C=O) groups excluding carboxylic acids is 2. The maximum absolute atomic E-state index is 12.3. The SMILES string of the molecule is CCOC(=O)C(Br)(C(=O)OCC)c1ccc(I)c(OCC)c1. The van der Waals surface area contributed by atoms with Crippen LogP contribution in [0.5, 0.6) is 5.75 Å². The zero-order valence-electron chi connectivity index (χ0n) is 12.7. The molecule has 122 valence electrons. The molecule has 1 rings (SSSR count). The summed E-state index contributed by atoms with van der Waals surface area (Å²) in [5.74, 6) is -0.827. The van der Waals surface area contributed by atoms with E-state index in [4.69, 9.17) is 14.2 Å². The molecule has 0 atom stereocenters. The van der Waals surface area contributed by atoms with Gasteiger partial charge in [0.25, 0.3) is 0 Å². The number of halogens is 2. The Kier molecular flexibility index (Phi) is 7.61. The van der Waals surface area contributed by atoms with Crippen LogP contribution in [0.1, 0.15) is 26.3 Å². The summed E-state index contributed by atoms with van der Waals surface area (Å²) >= 11 is 5.35. The van der Waals surface area contributed by atoms with Crippen molar-refractivity contribution in [2.45, 2.75) is 25.1 Å². The minimum Gasteiger partial charge on any atom is -0.493 e. The highest BCUT2D eigenvalue weighted by Crippen LogP contribution is 2.37. The molecule has 0 spiro atoms. The Hall–Kier alpha value is -0.830. The van der Waals surface area contributed by atoms with Gasteiger partial charge in [0.15, 0.2) is 0 Å². The zero-order chi connectivity index (χ0) is 16.8. The van der Waals surface area contributed by atoms with Crippen molar-refractivity contribution in [2.24, 2.45) is 0 Å². The third-order valence-electron chi connectivity index (χ3n) is 2.74. The van der Waals surface area contributed by atoms with Crippen LogP contribution in [0.25, 0.3) is 0 Å². The van der Waals surface area contributed by atoms with Gasteiger partial charge in [-0.15, -0.1) is 0 Å². The Morgan fingerprint density at radius 1 is 1.09 bits per heavy atom. The van der Waals surface area contributed by atoms with Crippen LogP contribution in [-0.2, 0) is 23.4 Å². The minimum absolute atomic E-state index is 0.161. The van der Waals surface area contributed by atoms with Gasteiger partial charge in [0.2, 0.25) is 4.32 Å². The monoisotopic (exact) mass is 484 g/mol. The normalized spacial score (nSPS) is 11.0. The lowest BCUT2D eigenvalue weighted by Gasteiger charge is -2.24. The molecule has 0 saturated heterocycles. The second kappa shape index (κ2) is 8.71. The Bertz CT molecular complexity index is 529. The summed E-state index contributed by atoms with van der Waals surface area (Å²) in [6, 6.07) is 5.09. The molecule has 0 aliphatic heterocycles. The molecule has 0 unspecified atom stereocenters. The molecule has 1 aromatic carbocycles. The predicted molar refractivity (Wildman–Crippen MR) is 94.2 cm³/mol. The van der Waals surface area contributed by atoms with E-state index in [0.717, 1.165) is 3.57 Å². The van der Waals surface area contributed by atoms with Gasteiger partial charge < -0.3 is 14.2 Å². The third kappa shape index (κ3) is 4.13. The Labute approximate surface area is 152 Å². The van der Waals surface area contributed by atoms with Gasteiger partial charge in [-0.05, 0) is 61.1 Å². The summed E-state index contributed by atoms with van der Waals surface area (Å²) in [7, 11) is 0. The molecule has 0 aliphatic rings. The molecule has 1 aromatic rings. The molecule has 0 fully saturated rings. The molecule has 0 amide bonds. The third-order valence-corrected chi connectivity index (χ3v) is 4.74. The first kappa shape index (κ1) is 19.2. The number of carbonyl (C=O) groups is 2. The molecular formula is C15H18BrIO5. The standard InChI is InChI=1S/C15H18BrIO5/c1-4-20-12-9-10(7-8-11(12)17)15(16,13(18)21-5-2)14(19)22-6-3/h7-9H,4-6H2,1-3H3. The van der Waals surface area contributed by atoms with E-state index in [0.29, 0.717) is 17.9 Å². The van der Waals surface area contributed by atoms with Crippen LogP contribution in [0.4, 0.5) is 0 Å². The van der Waals surface area contributed by atoms with Crippen molar-refractivity contribution in [3.63, 3.8) is 0 Å². The number of ether oxygens (including phenoxy) is 3. The molecule has 7 heteroatoms. The summed E-state index contributed by atoms with van der Waals surface area (Å²) in [4.78, 5) is 24.6. The second-order valence-corrected chi connectivity index (χ2v) is 6.53. The topological polar surface area (TPSA) is 61.8 Å². The van der Waals surface area contributed by atoms with E-state index in [9.17, 15) is 9.59 Å². The lowest BCUT2D eigenvalue weighted by Crippen LogP contribution is -2.41. The van der Waals surface area contributed by atoms with Gasteiger partial charge in [0.05, 0.1) is 23.4 Å². The van der Waals surface area contributed by atoms with Crippen molar-refractivity contribution in [3.05, 3.63) is 27.3 Å². The van der Waals surface area contributed by atoms with Crippen molar-refractivity contribution in [2.75, 3.05) is 19.8 Å². The van der Waals surface area contributed by atoms with Crippen molar-refractivity contribution >= 4 is 50.5 Å². The van der Waals surface area contributed by atoms with Crippen LogP contribution in [0.2, 0.25) is 0 Å².